The highest BCUT2D eigenvalue weighted by Gasteiger charge is 2.15. The maximum Gasteiger partial charge on any atom is 0.0722 e. The Kier molecular flexibility index (Phi) is 4.65. The molecular formula is C35H25N. The number of nitrogens with zero attached hydrogens (tertiary/aromatic N) is 1. The number of hydrogen-bond donors (Lipinski definition) is 0. The Bertz CT molecular complexity index is 1820. The third-order valence-corrected chi connectivity index (χ3v) is 7.53. The standard InChI is InChI=1S/C35H25N/c1-22-11-3-5-13-24(22)30-20-34-32(28-17-9-7-15-26(28)30)19-33-29-18-10-8-16-27(29)31(21-35(33)36-34)25-14-6-4-12-23(25)2/h3-21H,1-2H3. The van der Waals surface area contributed by atoms with Crippen LogP contribution in [0.3, 0.4) is 0 Å². The zero-order valence-electron chi connectivity index (χ0n) is 20.4. The SMILES string of the molecule is Cc1ccccc1-c1cc2nc3cc(-c4ccccc4C)c4ccccc4c3cc2c2ccccc12. The number of aromatic nitrogens is 1. The third-order valence-electron chi connectivity index (χ3n) is 7.53. The van der Waals surface area contributed by atoms with Crippen LogP contribution in [-0.2, 0) is 0 Å². The lowest BCUT2D eigenvalue weighted by molar-refractivity contribution is 1.45. The van der Waals surface area contributed by atoms with E-state index >= 15 is 0 Å². The summed E-state index contributed by atoms with van der Waals surface area (Å²) in [5.74, 6) is 0. The average molecular weight is 460 g/mol. The van der Waals surface area contributed by atoms with Gasteiger partial charge in [0.15, 0.2) is 0 Å². The van der Waals surface area contributed by atoms with Crippen LogP contribution < -0.4 is 0 Å². The van der Waals surface area contributed by atoms with Crippen molar-refractivity contribution >= 4 is 43.4 Å². The normalized spacial score (nSPS) is 11.6. The molecule has 0 unspecified atom stereocenters. The van der Waals surface area contributed by atoms with Crippen LogP contribution in [0.4, 0.5) is 0 Å². The van der Waals surface area contributed by atoms with Gasteiger partial charge in [-0.05, 0) is 87.0 Å². The van der Waals surface area contributed by atoms with Crippen molar-refractivity contribution in [3.63, 3.8) is 0 Å². The van der Waals surface area contributed by atoms with E-state index in [4.69, 9.17) is 4.98 Å². The van der Waals surface area contributed by atoms with Gasteiger partial charge in [0.25, 0.3) is 0 Å². The van der Waals surface area contributed by atoms with E-state index in [0.717, 1.165) is 11.0 Å². The number of hydrogen-bond acceptors (Lipinski definition) is 1. The number of rotatable bonds is 2. The highest BCUT2D eigenvalue weighted by molar-refractivity contribution is 6.20. The Labute approximate surface area is 210 Å². The van der Waals surface area contributed by atoms with Crippen molar-refractivity contribution in [2.45, 2.75) is 13.8 Å². The third kappa shape index (κ3) is 3.13. The predicted octanol–water partition coefficient (Wildman–Crippen LogP) is 9.65. The molecule has 0 saturated heterocycles. The van der Waals surface area contributed by atoms with Crippen molar-refractivity contribution in [1.82, 2.24) is 4.98 Å². The fourth-order valence-electron chi connectivity index (χ4n) is 5.72. The smallest absolute Gasteiger partial charge is 0.0722 e. The lowest BCUT2D eigenvalue weighted by Gasteiger charge is -2.15. The molecule has 6 aromatic carbocycles. The Morgan fingerprint density at radius 3 is 1.19 bits per heavy atom. The summed E-state index contributed by atoms with van der Waals surface area (Å²) in [5, 5.41) is 7.42. The summed E-state index contributed by atoms with van der Waals surface area (Å²) >= 11 is 0. The fourth-order valence-corrected chi connectivity index (χ4v) is 5.72. The second-order valence-corrected chi connectivity index (χ2v) is 9.69. The summed E-state index contributed by atoms with van der Waals surface area (Å²) in [7, 11) is 0. The molecule has 0 atom stereocenters. The van der Waals surface area contributed by atoms with E-state index in [0.29, 0.717) is 0 Å². The minimum absolute atomic E-state index is 1.03. The predicted molar refractivity (Wildman–Crippen MR) is 155 cm³/mol. The van der Waals surface area contributed by atoms with Crippen molar-refractivity contribution in [2.24, 2.45) is 0 Å². The van der Waals surface area contributed by atoms with Gasteiger partial charge in [0.2, 0.25) is 0 Å². The van der Waals surface area contributed by atoms with E-state index in [-0.39, 0.29) is 0 Å². The van der Waals surface area contributed by atoms with Gasteiger partial charge in [-0.25, -0.2) is 4.98 Å². The molecule has 0 spiro atoms. The van der Waals surface area contributed by atoms with Crippen molar-refractivity contribution in [1.29, 1.82) is 0 Å². The first-order chi connectivity index (χ1) is 17.7. The van der Waals surface area contributed by atoms with Crippen LogP contribution in [0.5, 0.6) is 0 Å². The van der Waals surface area contributed by atoms with Gasteiger partial charge < -0.3 is 0 Å². The first-order valence-electron chi connectivity index (χ1n) is 12.5. The molecule has 1 aromatic heterocycles. The zero-order chi connectivity index (χ0) is 24.2. The minimum Gasteiger partial charge on any atom is -0.248 e. The topological polar surface area (TPSA) is 12.9 Å². The van der Waals surface area contributed by atoms with Crippen molar-refractivity contribution in [3.05, 3.63) is 126 Å². The van der Waals surface area contributed by atoms with Crippen LogP contribution in [0.15, 0.2) is 115 Å². The number of benzene rings is 6. The van der Waals surface area contributed by atoms with Gasteiger partial charge >= 0.3 is 0 Å². The van der Waals surface area contributed by atoms with Gasteiger partial charge in [0.05, 0.1) is 11.0 Å². The molecule has 0 amide bonds. The number of pyridine rings is 1. The second-order valence-electron chi connectivity index (χ2n) is 9.69. The number of fused-ring (bicyclic) bond motifs is 6. The molecule has 0 N–H and O–H groups in total. The lowest BCUT2D eigenvalue weighted by Crippen LogP contribution is -1.92. The molecule has 0 saturated carbocycles. The highest BCUT2D eigenvalue weighted by atomic mass is 14.7. The molecule has 7 aromatic rings. The summed E-state index contributed by atoms with van der Waals surface area (Å²) in [4.78, 5) is 5.31. The molecular weight excluding hydrogens is 434 g/mol. The van der Waals surface area contributed by atoms with Crippen LogP contribution >= 0.6 is 0 Å². The van der Waals surface area contributed by atoms with E-state index in [2.05, 4.69) is 129 Å². The zero-order valence-corrected chi connectivity index (χ0v) is 20.4. The molecule has 1 heterocycles. The van der Waals surface area contributed by atoms with E-state index < -0.39 is 0 Å². The van der Waals surface area contributed by atoms with Gasteiger partial charge in [-0.2, -0.15) is 0 Å². The van der Waals surface area contributed by atoms with Crippen LogP contribution in [-0.4, -0.2) is 4.98 Å². The van der Waals surface area contributed by atoms with Crippen LogP contribution in [0, 0.1) is 13.8 Å². The Morgan fingerprint density at radius 2 is 0.750 bits per heavy atom. The molecule has 170 valence electrons. The van der Waals surface area contributed by atoms with Crippen LogP contribution in [0.2, 0.25) is 0 Å². The first kappa shape index (κ1) is 20.8. The molecule has 0 fully saturated rings. The van der Waals surface area contributed by atoms with E-state index in [1.807, 2.05) is 0 Å². The summed E-state index contributed by atoms with van der Waals surface area (Å²) < 4.78 is 0. The van der Waals surface area contributed by atoms with Crippen LogP contribution in [0.25, 0.3) is 65.6 Å². The molecule has 7 rings (SSSR count). The monoisotopic (exact) mass is 459 g/mol. The second kappa shape index (κ2) is 8.03. The van der Waals surface area contributed by atoms with Crippen LogP contribution in [0.1, 0.15) is 11.1 Å². The van der Waals surface area contributed by atoms with E-state index in [1.165, 1.54) is 65.7 Å². The van der Waals surface area contributed by atoms with Crippen molar-refractivity contribution in [3.8, 4) is 22.3 Å². The maximum atomic E-state index is 5.31. The molecule has 1 heteroatoms. The minimum atomic E-state index is 1.03. The molecule has 0 aliphatic rings. The van der Waals surface area contributed by atoms with Gasteiger partial charge in [0.1, 0.15) is 0 Å². The van der Waals surface area contributed by atoms with E-state index in [1.54, 1.807) is 0 Å². The number of aryl methyl sites for hydroxylation is 2. The summed E-state index contributed by atoms with van der Waals surface area (Å²) in [6, 6.07) is 41.6. The van der Waals surface area contributed by atoms with Crippen molar-refractivity contribution in [2.75, 3.05) is 0 Å². The molecule has 1 nitrogen and oxygen atoms in total. The van der Waals surface area contributed by atoms with Gasteiger partial charge in [-0.1, -0.05) is 97.1 Å². The Balaban J connectivity index is 1.63. The largest absolute Gasteiger partial charge is 0.248 e. The molecule has 0 bridgehead atoms. The Hall–Kier alpha value is -4.49. The Morgan fingerprint density at radius 1 is 0.361 bits per heavy atom. The molecule has 0 radical (unpaired) electrons. The molecule has 0 aliphatic heterocycles. The average Bonchev–Trinajstić information content (AvgIpc) is 2.92. The van der Waals surface area contributed by atoms with Gasteiger partial charge in [-0.15, -0.1) is 0 Å². The summed E-state index contributed by atoms with van der Waals surface area (Å²) in [6.07, 6.45) is 0. The fraction of sp³-hybridized carbons (Fsp3) is 0.0571. The summed E-state index contributed by atoms with van der Waals surface area (Å²) in [6.45, 7) is 4.37. The van der Waals surface area contributed by atoms with Crippen molar-refractivity contribution < 1.29 is 0 Å². The highest BCUT2D eigenvalue weighted by Crippen LogP contribution is 2.40. The summed E-state index contributed by atoms with van der Waals surface area (Å²) in [5.41, 5.74) is 9.61. The molecule has 0 aliphatic carbocycles. The van der Waals surface area contributed by atoms with Gasteiger partial charge in [0, 0.05) is 10.8 Å². The molecule has 36 heavy (non-hydrogen) atoms. The lowest BCUT2D eigenvalue weighted by atomic mass is 9.90. The maximum absolute atomic E-state index is 5.31. The quantitative estimate of drug-likeness (QED) is 0.185. The van der Waals surface area contributed by atoms with Gasteiger partial charge in [-0.3, -0.25) is 0 Å². The first-order valence-corrected chi connectivity index (χ1v) is 12.5. The van der Waals surface area contributed by atoms with E-state index in [9.17, 15) is 0 Å².